The molecule has 1 aliphatic carbocycles. The summed E-state index contributed by atoms with van der Waals surface area (Å²) in [6.45, 7) is 0. The quantitative estimate of drug-likeness (QED) is 0.631. The topological polar surface area (TPSA) is 45.5 Å². The van der Waals surface area contributed by atoms with E-state index < -0.39 is 0 Å². The lowest BCUT2D eigenvalue weighted by Crippen LogP contribution is -2.19. The number of hydrogen-bond acceptors (Lipinski definition) is 5. The molecular formula is C15H18N2OS2. The molecular weight excluding hydrogens is 288 g/mol. The number of para-hydroxylation sites is 1. The first-order valence-electron chi connectivity index (χ1n) is 7.10. The van der Waals surface area contributed by atoms with Crippen LogP contribution in [0.3, 0.4) is 0 Å². The zero-order chi connectivity index (χ0) is 13.8. The Balaban J connectivity index is 1.79. The van der Waals surface area contributed by atoms with Crippen LogP contribution in [-0.2, 0) is 0 Å². The molecule has 0 saturated heterocycles. The molecule has 1 atom stereocenters. The van der Waals surface area contributed by atoms with Crippen molar-refractivity contribution >= 4 is 39.0 Å². The molecule has 1 aromatic heterocycles. The largest absolute Gasteiger partial charge is 0.411 e. The summed E-state index contributed by atoms with van der Waals surface area (Å²) in [5, 5.41) is 13.1. The fourth-order valence-electron chi connectivity index (χ4n) is 2.58. The van der Waals surface area contributed by atoms with Crippen molar-refractivity contribution in [3.8, 4) is 0 Å². The highest BCUT2D eigenvalue weighted by Gasteiger charge is 2.21. The van der Waals surface area contributed by atoms with Crippen LogP contribution < -0.4 is 0 Å². The van der Waals surface area contributed by atoms with E-state index in [1.54, 1.807) is 23.1 Å². The van der Waals surface area contributed by atoms with Crippen molar-refractivity contribution in [3.05, 3.63) is 24.3 Å². The third-order valence-corrected chi connectivity index (χ3v) is 6.12. The Bertz CT molecular complexity index is 576. The average Bonchev–Trinajstić information content (AvgIpc) is 2.84. The fourth-order valence-corrected chi connectivity index (χ4v) is 5.07. The van der Waals surface area contributed by atoms with Crippen molar-refractivity contribution in [2.24, 2.45) is 5.16 Å². The number of fused-ring (bicyclic) bond motifs is 1. The third kappa shape index (κ3) is 3.15. The van der Waals surface area contributed by atoms with Gasteiger partial charge in [0.1, 0.15) is 0 Å². The van der Waals surface area contributed by atoms with Gasteiger partial charge < -0.3 is 5.21 Å². The van der Waals surface area contributed by atoms with Crippen molar-refractivity contribution in [2.75, 3.05) is 0 Å². The normalized spacial score (nSPS) is 22.8. The van der Waals surface area contributed by atoms with Crippen molar-refractivity contribution in [1.82, 2.24) is 4.98 Å². The first-order chi connectivity index (χ1) is 9.86. The second kappa shape index (κ2) is 6.59. The lowest BCUT2D eigenvalue weighted by atomic mass is 9.99. The second-order valence-corrected chi connectivity index (χ2v) is 7.58. The van der Waals surface area contributed by atoms with E-state index in [2.05, 4.69) is 22.3 Å². The molecule has 0 amide bonds. The van der Waals surface area contributed by atoms with Gasteiger partial charge in [-0.1, -0.05) is 48.3 Å². The summed E-state index contributed by atoms with van der Waals surface area (Å²) in [7, 11) is 0. The van der Waals surface area contributed by atoms with Crippen molar-refractivity contribution in [1.29, 1.82) is 0 Å². The molecule has 5 heteroatoms. The Hall–Kier alpha value is -1.07. The molecule has 106 valence electrons. The van der Waals surface area contributed by atoms with Crippen LogP contribution in [0, 0.1) is 0 Å². The van der Waals surface area contributed by atoms with Crippen molar-refractivity contribution in [2.45, 2.75) is 48.1 Å². The molecule has 1 heterocycles. The van der Waals surface area contributed by atoms with E-state index in [0.29, 0.717) is 0 Å². The number of nitrogens with zero attached hydrogens (tertiary/aromatic N) is 2. The summed E-state index contributed by atoms with van der Waals surface area (Å²) in [6.07, 6.45) is 6.88. The molecule has 3 nitrogen and oxygen atoms in total. The molecule has 1 saturated carbocycles. The number of oxime groups is 1. The second-order valence-electron chi connectivity index (χ2n) is 5.10. The Labute approximate surface area is 127 Å². The van der Waals surface area contributed by atoms with Gasteiger partial charge in [0.05, 0.1) is 21.2 Å². The highest BCUT2D eigenvalue weighted by atomic mass is 32.2. The van der Waals surface area contributed by atoms with Crippen LogP contribution in [0.4, 0.5) is 0 Å². The molecule has 0 bridgehead atoms. The van der Waals surface area contributed by atoms with Gasteiger partial charge in [0.2, 0.25) is 0 Å². The van der Waals surface area contributed by atoms with E-state index in [9.17, 15) is 5.21 Å². The van der Waals surface area contributed by atoms with Gasteiger partial charge in [-0.25, -0.2) is 4.98 Å². The Morgan fingerprint density at radius 1 is 1.20 bits per heavy atom. The standard InChI is InChI=1S/C15H18N2OS2/c18-17-12-8-3-1-2-4-9-14(12)20-15-16-11-7-5-6-10-13(11)19-15/h5-7,10,14,18H,1-4,8-9H2. The van der Waals surface area contributed by atoms with Crippen LogP contribution in [0.25, 0.3) is 10.2 Å². The minimum atomic E-state index is 0.279. The van der Waals surface area contributed by atoms with Crippen LogP contribution >= 0.6 is 23.1 Å². The number of benzene rings is 1. The molecule has 20 heavy (non-hydrogen) atoms. The lowest BCUT2D eigenvalue weighted by molar-refractivity contribution is 0.315. The Morgan fingerprint density at radius 2 is 2.05 bits per heavy atom. The zero-order valence-corrected chi connectivity index (χ0v) is 12.9. The smallest absolute Gasteiger partial charge is 0.151 e. The molecule has 1 unspecified atom stereocenters. The van der Waals surface area contributed by atoms with Gasteiger partial charge >= 0.3 is 0 Å². The highest BCUT2D eigenvalue weighted by Crippen LogP contribution is 2.35. The predicted octanol–water partition coefficient (Wildman–Crippen LogP) is 4.94. The van der Waals surface area contributed by atoms with E-state index in [4.69, 9.17) is 0 Å². The van der Waals surface area contributed by atoms with Gasteiger partial charge in [-0.2, -0.15) is 0 Å². The minimum Gasteiger partial charge on any atom is -0.411 e. The summed E-state index contributed by atoms with van der Waals surface area (Å²) in [4.78, 5) is 4.67. The molecule has 0 aliphatic heterocycles. The van der Waals surface area contributed by atoms with Gasteiger partial charge in [-0.3, -0.25) is 0 Å². The van der Waals surface area contributed by atoms with Gasteiger partial charge in [-0.15, -0.1) is 11.3 Å². The zero-order valence-electron chi connectivity index (χ0n) is 11.3. The number of thiazole rings is 1. The first-order valence-corrected chi connectivity index (χ1v) is 8.79. The maximum atomic E-state index is 9.25. The van der Waals surface area contributed by atoms with E-state index >= 15 is 0 Å². The van der Waals surface area contributed by atoms with Crippen molar-refractivity contribution in [3.63, 3.8) is 0 Å². The van der Waals surface area contributed by atoms with E-state index in [-0.39, 0.29) is 5.25 Å². The number of aromatic nitrogens is 1. The highest BCUT2D eigenvalue weighted by molar-refractivity contribution is 8.02. The number of hydrogen-bond donors (Lipinski definition) is 1. The van der Waals surface area contributed by atoms with Crippen LogP contribution in [0.15, 0.2) is 33.8 Å². The van der Waals surface area contributed by atoms with Crippen LogP contribution in [-0.4, -0.2) is 21.2 Å². The third-order valence-electron chi connectivity index (χ3n) is 3.67. The summed E-state index contributed by atoms with van der Waals surface area (Å²) >= 11 is 3.49. The van der Waals surface area contributed by atoms with Crippen LogP contribution in [0.1, 0.15) is 38.5 Å². The maximum Gasteiger partial charge on any atom is 0.151 e. The summed E-state index contributed by atoms with van der Waals surface area (Å²) in [6, 6.07) is 8.23. The fraction of sp³-hybridized carbons (Fsp3) is 0.467. The summed E-state index contributed by atoms with van der Waals surface area (Å²) < 4.78 is 2.31. The number of rotatable bonds is 2. The van der Waals surface area contributed by atoms with Gasteiger partial charge in [0, 0.05) is 0 Å². The molecule has 1 fully saturated rings. The van der Waals surface area contributed by atoms with Crippen molar-refractivity contribution < 1.29 is 5.21 Å². The van der Waals surface area contributed by atoms with E-state index in [1.165, 1.54) is 24.0 Å². The average molecular weight is 306 g/mol. The first kappa shape index (κ1) is 13.9. The predicted molar refractivity (Wildman–Crippen MR) is 86.2 cm³/mol. The molecule has 1 N–H and O–H groups in total. The molecule has 1 aliphatic rings. The molecule has 2 aromatic rings. The maximum absolute atomic E-state index is 9.25. The van der Waals surface area contributed by atoms with Gasteiger partial charge in [-0.05, 0) is 31.4 Å². The minimum absolute atomic E-state index is 0.279. The van der Waals surface area contributed by atoms with Gasteiger partial charge in [0.25, 0.3) is 0 Å². The molecule has 0 radical (unpaired) electrons. The molecule has 3 rings (SSSR count). The van der Waals surface area contributed by atoms with E-state index in [1.807, 2.05) is 12.1 Å². The lowest BCUT2D eigenvalue weighted by Gasteiger charge is -2.19. The van der Waals surface area contributed by atoms with Gasteiger partial charge in [0.15, 0.2) is 4.34 Å². The number of thioether (sulfide) groups is 1. The summed E-state index contributed by atoms with van der Waals surface area (Å²) in [5.41, 5.74) is 2.00. The monoisotopic (exact) mass is 306 g/mol. The molecule has 0 spiro atoms. The molecule has 1 aromatic carbocycles. The Morgan fingerprint density at radius 3 is 2.90 bits per heavy atom. The van der Waals surface area contributed by atoms with Crippen LogP contribution in [0.2, 0.25) is 0 Å². The van der Waals surface area contributed by atoms with E-state index in [0.717, 1.165) is 34.8 Å². The Kier molecular flexibility index (Phi) is 4.58. The SMILES string of the molecule is ON=C1CCCCCCC1Sc1nc2ccccc2s1. The van der Waals surface area contributed by atoms with Crippen LogP contribution in [0.5, 0.6) is 0 Å². The summed E-state index contributed by atoms with van der Waals surface area (Å²) in [5.74, 6) is 0.